The minimum atomic E-state index is -0.438. The van der Waals surface area contributed by atoms with E-state index >= 15 is 0 Å². The Kier molecular flexibility index (Phi) is 5.26. The highest BCUT2D eigenvalue weighted by Crippen LogP contribution is 2.16. The Hall–Kier alpha value is -2.92. The highest BCUT2D eigenvalue weighted by molar-refractivity contribution is 5.95. The van der Waals surface area contributed by atoms with Gasteiger partial charge in [-0.2, -0.15) is 5.10 Å². The molecule has 3 aromatic rings. The number of aliphatic hydroxyl groups excluding tert-OH is 1. The Morgan fingerprint density at radius 1 is 1.20 bits per heavy atom. The third-order valence-corrected chi connectivity index (χ3v) is 4.16. The topological polar surface area (TPSA) is 67.2 Å². The first-order valence-corrected chi connectivity index (χ1v) is 8.32. The summed E-state index contributed by atoms with van der Waals surface area (Å²) in [6.07, 6.45) is 4.47. The number of nitrogens with one attached hydrogen (secondary N) is 1. The molecule has 0 bridgehead atoms. The number of carbonyl (C=O) groups excluding carboxylic acids is 1. The fourth-order valence-electron chi connectivity index (χ4n) is 2.67. The van der Waals surface area contributed by atoms with Crippen molar-refractivity contribution >= 4 is 5.91 Å². The summed E-state index contributed by atoms with van der Waals surface area (Å²) in [6.45, 7) is 1.93. The van der Waals surface area contributed by atoms with Crippen LogP contribution in [0, 0.1) is 0 Å². The summed E-state index contributed by atoms with van der Waals surface area (Å²) in [4.78, 5) is 12.6. The molecule has 25 heavy (non-hydrogen) atoms. The van der Waals surface area contributed by atoms with E-state index in [2.05, 4.69) is 17.3 Å². The van der Waals surface area contributed by atoms with Crippen molar-refractivity contribution in [3.63, 3.8) is 0 Å². The molecule has 2 N–H and O–H groups in total. The van der Waals surface area contributed by atoms with Gasteiger partial charge in [-0.1, -0.05) is 37.3 Å². The number of aliphatic hydroxyl groups is 1. The SMILES string of the molecule is CCc1ccc(C(CO)NC(=O)c2cccc(-n3cccn3)c2)cc1. The molecule has 1 atom stereocenters. The summed E-state index contributed by atoms with van der Waals surface area (Å²) < 4.78 is 1.70. The van der Waals surface area contributed by atoms with E-state index in [4.69, 9.17) is 0 Å². The van der Waals surface area contributed by atoms with E-state index in [9.17, 15) is 9.90 Å². The number of benzene rings is 2. The zero-order valence-electron chi connectivity index (χ0n) is 14.1. The summed E-state index contributed by atoms with van der Waals surface area (Å²) in [5.41, 5.74) is 3.44. The second-order valence-corrected chi connectivity index (χ2v) is 5.80. The van der Waals surface area contributed by atoms with Crippen molar-refractivity contribution < 1.29 is 9.90 Å². The monoisotopic (exact) mass is 335 g/mol. The lowest BCUT2D eigenvalue weighted by Crippen LogP contribution is -2.30. The predicted molar refractivity (Wildman–Crippen MR) is 96.7 cm³/mol. The molecule has 0 aliphatic carbocycles. The van der Waals surface area contributed by atoms with Crippen LogP contribution in [-0.4, -0.2) is 27.4 Å². The maximum atomic E-state index is 12.6. The molecule has 0 saturated heterocycles. The second-order valence-electron chi connectivity index (χ2n) is 5.80. The molecule has 3 rings (SSSR count). The van der Waals surface area contributed by atoms with E-state index in [0.29, 0.717) is 5.56 Å². The molecule has 0 spiro atoms. The van der Waals surface area contributed by atoms with Gasteiger partial charge < -0.3 is 10.4 Å². The summed E-state index contributed by atoms with van der Waals surface area (Å²) in [6, 6.07) is 16.5. The Morgan fingerprint density at radius 3 is 2.64 bits per heavy atom. The molecule has 5 nitrogen and oxygen atoms in total. The quantitative estimate of drug-likeness (QED) is 0.728. The molecule has 0 radical (unpaired) electrons. The lowest BCUT2D eigenvalue weighted by molar-refractivity contribution is 0.0916. The third kappa shape index (κ3) is 3.95. The number of hydrogen-bond acceptors (Lipinski definition) is 3. The van der Waals surface area contributed by atoms with Gasteiger partial charge in [-0.25, -0.2) is 4.68 Å². The number of aromatic nitrogens is 2. The molecule has 1 aromatic heterocycles. The molecule has 0 aliphatic heterocycles. The van der Waals surface area contributed by atoms with Gasteiger partial charge in [-0.3, -0.25) is 4.79 Å². The van der Waals surface area contributed by atoms with Crippen LogP contribution >= 0.6 is 0 Å². The molecular weight excluding hydrogens is 314 g/mol. The van der Waals surface area contributed by atoms with Crippen molar-refractivity contribution in [2.24, 2.45) is 0 Å². The average Bonchev–Trinajstić information content (AvgIpc) is 3.21. The van der Waals surface area contributed by atoms with Crippen molar-refractivity contribution in [3.05, 3.63) is 83.7 Å². The van der Waals surface area contributed by atoms with Crippen molar-refractivity contribution in [1.29, 1.82) is 0 Å². The van der Waals surface area contributed by atoms with E-state index in [-0.39, 0.29) is 12.5 Å². The minimum absolute atomic E-state index is 0.157. The number of carbonyl (C=O) groups is 1. The van der Waals surface area contributed by atoms with Gasteiger partial charge >= 0.3 is 0 Å². The van der Waals surface area contributed by atoms with Gasteiger partial charge in [0.15, 0.2) is 0 Å². The summed E-state index contributed by atoms with van der Waals surface area (Å²) >= 11 is 0. The number of hydrogen-bond donors (Lipinski definition) is 2. The average molecular weight is 335 g/mol. The third-order valence-electron chi connectivity index (χ3n) is 4.16. The first-order chi connectivity index (χ1) is 12.2. The second kappa shape index (κ2) is 7.77. The Bertz CT molecular complexity index is 826. The molecule has 0 saturated carbocycles. The van der Waals surface area contributed by atoms with Gasteiger partial charge in [0.1, 0.15) is 0 Å². The van der Waals surface area contributed by atoms with Crippen LogP contribution in [0.15, 0.2) is 67.0 Å². The van der Waals surface area contributed by atoms with E-state index in [1.807, 2.05) is 48.7 Å². The summed E-state index contributed by atoms with van der Waals surface area (Å²) in [5.74, 6) is -0.229. The smallest absolute Gasteiger partial charge is 0.251 e. The van der Waals surface area contributed by atoms with E-state index < -0.39 is 6.04 Å². The fourth-order valence-corrected chi connectivity index (χ4v) is 2.67. The lowest BCUT2D eigenvalue weighted by atomic mass is 10.0. The van der Waals surface area contributed by atoms with Crippen LogP contribution in [0.5, 0.6) is 0 Å². The largest absolute Gasteiger partial charge is 0.394 e. The maximum absolute atomic E-state index is 12.6. The van der Waals surface area contributed by atoms with Crippen LogP contribution in [-0.2, 0) is 6.42 Å². The zero-order valence-corrected chi connectivity index (χ0v) is 14.1. The van der Waals surface area contributed by atoms with E-state index in [1.54, 1.807) is 23.0 Å². The Balaban J connectivity index is 1.77. The van der Waals surface area contributed by atoms with Gasteiger partial charge in [0.2, 0.25) is 0 Å². The molecule has 0 fully saturated rings. The molecule has 1 unspecified atom stereocenters. The van der Waals surface area contributed by atoms with Crippen LogP contribution in [0.25, 0.3) is 5.69 Å². The van der Waals surface area contributed by atoms with Crippen LogP contribution in [0.3, 0.4) is 0 Å². The van der Waals surface area contributed by atoms with Crippen LogP contribution in [0.4, 0.5) is 0 Å². The van der Waals surface area contributed by atoms with E-state index in [0.717, 1.165) is 17.7 Å². The summed E-state index contributed by atoms with van der Waals surface area (Å²) in [5, 5.41) is 16.7. The molecule has 1 amide bonds. The normalized spacial score (nSPS) is 11.9. The number of nitrogens with zero attached hydrogens (tertiary/aromatic N) is 2. The van der Waals surface area contributed by atoms with Crippen LogP contribution < -0.4 is 5.32 Å². The standard InChI is InChI=1S/C20H21N3O2/c1-2-15-7-9-16(10-8-15)19(14-24)22-20(25)17-5-3-6-18(13-17)23-12-4-11-21-23/h3-13,19,24H,2,14H2,1H3,(H,22,25). The van der Waals surface area contributed by atoms with Gasteiger partial charge in [0, 0.05) is 18.0 Å². The minimum Gasteiger partial charge on any atom is -0.394 e. The highest BCUT2D eigenvalue weighted by Gasteiger charge is 2.15. The van der Waals surface area contributed by atoms with E-state index in [1.165, 1.54) is 5.56 Å². The van der Waals surface area contributed by atoms with Gasteiger partial charge in [0.25, 0.3) is 5.91 Å². The number of rotatable bonds is 6. The van der Waals surface area contributed by atoms with Crippen molar-refractivity contribution in [3.8, 4) is 5.69 Å². The number of amides is 1. The van der Waals surface area contributed by atoms with Gasteiger partial charge in [0.05, 0.1) is 18.3 Å². The molecule has 2 aromatic carbocycles. The van der Waals surface area contributed by atoms with Gasteiger partial charge in [-0.05, 0) is 41.8 Å². The molecule has 5 heteroatoms. The highest BCUT2D eigenvalue weighted by atomic mass is 16.3. The Morgan fingerprint density at radius 2 is 2.00 bits per heavy atom. The number of aryl methyl sites for hydroxylation is 1. The first kappa shape index (κ1) is 16.9. The fraction of sp³-hybridized carbons (Fsp3) is 0.200. The van der Waals surface area contributed by atoms with Crippen molar-refractivity contribution in [2.75, 3.05) is 6.61 Å². The molecule has 128 valence electrons. The van der Waals surface area contributed by atoms with Crippen LogP contribution in [0.2, 0.25) is 0 Å². The Labute approximate surface area is 146 Å². The zero-order chi connectivity index (χ0) is 17.6. The molecule has 1 heterocycles. The predicted octanol–water partition coefficient (Wildman–Crippen LogP) is 2.90. The molecular formula is C20H21N3O2. The maximum Gasteiger partial charge on any atom is 0.251 e. The molecule has 0 aliphatic rings. The van der Waals surface area contributed by atoms with Gasteiger partial charge in [-0.15, -0.1) is 0 Å². The van der Waals surface area contributed by atoms with Crippen LogP contribution in [0.1, 0.15) is 34.5 Å². The summed E-state index contributed by atoms with van der Waals surface area (Å²) in [7, 11) is 0. The first-order valence-electron chi connectivity index (χ1n) is 8.32. The van der Waals surface area contributed by atoms with Crippen molar-refractivity contribution in [1.82, 2.24) is 15.1 Å². The lowest BCUT2D eigenvalue weighted by Gasteiger charge is -2.17. The van der Waals surface area contributed by atoms with Crippen molar-refractivity contribution in [2.45, 2.75) is 19.4 Å².